The van der Waals surface area contributed by atoms with Crippen molar-refractivity contribution in [1.29, 1.82) is 0 Å². The van der Waals surface area contributed by atoms with Crippen LogP contribution in [0.3, 0.4) is 0 Å². The Balaban J connectivity index is 0.000000180. The van der Waals surface area contributed by atoms with Crippen molar-refractivity contribution in [3.05, 3.63) is 23.2 Å². The normalized spacial score (nSPS) is 20.0. The first-order chi connectivity index (χ1) is 14.4. The molecule has 0 saturated carbocycles. The number of ketones is 2. The highest BCUT2D eigenvalue weighted by Gasteiger charge is 2.43. The fraction of sp³-hybridized carbons (Fsp3) is 0.650. The van der Waals surface area contributed by atoms with Crippen LogP contribution in [0.1, 0.15) is 13.3 Å². The zero-order valence-electron chi connectivity index (χ0n) is 17.2. The van der Waals surface area contributed by atoms with E-state index >= 15 is 0 Å². The fourth-order valence-corrected chi connectivity index (χ4v) is 3.11. The van der Waals surface area contributed by atoms with Gasteiger partial charge in [-0.15, -0.1) is 0 Å². The zero-order valence-corrected chi connectivity index (χ0v) is 18.1. The van der Waals surface area contributed by atoms with Gasteiger partial charge in [-0.3, -0.25) is 14.4 Å². The summed E-state index contributed by atoms with van der Waals surface area (Å²) in [5.74, 6) is -0.383. The first kappa shape index (κ1) is 22.6. The molecule has 4 aliphatic rings. The summed E-state index contributed by atoms with van der Waals surface area (Å²) in [4.78, 5) is 41.2. The summed E-state index contributed by atoms with van der Waals surface area (Å²) in [6.45, 7) is 6.88. The standard InChI is InChI=1S/C12H13N3O2.C8H16O4S/c16-9-7-8(13-1-2-13)12(17)11(15-5-6-15)10(9)14-3-4-14;1-2-8(4-9,5-10)6-12-7(11)3-13/h7H,1-6H2;9-10,13H,2-6H2,1H3. The summed E-state index contributed by atoms with van der Waals surface area (Å²) in [7, 11) is 0. The number of rotatable bonds is 9. The molecule has 0 bridgehead atoms. The highest BCUT2D eigenvalue weighted by Crippen LogP contribution is 2.33. The minimum Gasteiger partial charge on any atom is -0.464 e. The lowest BCUT2D eigenvalue weighted by Crippen LogP contribution is -2.35. The van der Waals surface area contributed by atoms with Crippen LogP contribution in [-0.2, 0) is 19.1 Å². The fourth-order valence-electron chi connectivity index (χ4n) is 3.02. The molecule has 1 aliphatic carbocycles. The molecule has 3 aliphatic heterocycles. The molecule has 0 aromatic rings. The van der Waals surface area contributed by atoms with Crippen molar-refractivity contribution in [3.63, 3.8) is 0 Å². The van der Waals surface area contributed by atoms with E-state index in [1.807, 2.05) is 21.6 Å². The van der Waals surface area contributed by atoms with Crippen molar-refractivity contribution in [2.24, 2.45) is 5.41 Å². The van der Waals surface area contributed by atoms with E-state index in [0.29, 0.717) is 23.5 Å². The molecule has 4 rings (SSSR count). The molecule has 0 radical (unpaired) electrons. The molecule has 3 heterocycles. The molecule has 3 fully saturated rings. The van der Waals surface area contributed by atoms with E-state index in [2.05, 4.69) is 12.6 Å². The average Bonchev–Trinajstić information content (AvgIpc) is 3.60. The number of carbonyl (C=O) groups excluding carboxylic acids is 3. The molecule has 0 atom stereocenters. The highest BCUT2D eigenvalue weighted by molar-refractivity contribution is 7.81. The van der Waals surface area contributed by atoms with Gasteiger partial charge in [0.1, 0.15) is 18.0 Å². The summed E-state index contributed by atoms with van der Waals surface area (Å²) in [5, 5.41) is 18.0. The zero-order chi connectivity index (χ0) is 21.9. The quantitative estimate of drug-likeness (QED) is 0.181. The Kier molecular flexibility index (Phi) is 7.10. The SMILES string of the molecule is CCC(CO)(CO)COC(=O)CS.O=C1C=C(N2CC2)C(=O)C(N2CC2)=C1N1CC1. The van der Waals surface area contributed by atoms with Gasteiger partial charge in [0, 0.05) is 45.3 Å². The molecule has 30 heavy (non-hydrogen) atoms. The number of aliphatic hydroxyl groups is 2. The first-order valence-electron chi connectivity index (χ1n) is 10.2. The van der Waals surface area contributed by atoms with E-state index in [1.165, 1.54) is 6.08 Å². The Bertz CT molecular complexity index is 756. The van der Waals surface area contributed by atoms with Gasteiger partial charge >= 0.3 is 5.97 Å². The number of allylic oxidation sites excluding steroid dienone is 1. The van der Waals surface area contributed by atoms with Gasteiger partial charge in [0.05, 0.1) is 30.1 Å². The minimum atomic E-state index is -0.710. The third kappa shape index (κ3) is 5.16. The lowest BCUT2D eigenvalue weighted by atomic mass is 9.88. The van der Waals surface area contributed by atoms with Crippen molar-refractivity contribution in [1.82, 2.24) is 14.7 Å². The molecule has 0 amide bonds. The second-order valence-corrected chi connectivity index (χ2v) is 8.19. The molecule has 9 nitrogen and oxygen atoms in total. The number of hydrogen-bond acceptors (Lipinski definition) is 10. The van der Waals surface area contributed by atoms with Gasteiger partial charge in [-0.25, -0.2) is 0 Å². The lowest BCUT2D eigenvalue weighted by molar-refractivity contribution is -0.146. The van der Waals surface area contributed by atoms with Crippen LogP contribution in [0.15, 0.2) is 23.2 Å². The number of carbonyl (C=O) groups is 3. The Hall–Kier alpha value is -2.04. The number of nitrogens with zero attached hydrogens (tertiary/aromatic N) is 3. The second kappa shape index (κ2) is 9.40. The van der Waals surface area contributed by atoms with Gasteiger partial charge in [-0.1, -0.05) is 6.92 Å². The maximum atomic E-state index is 12.4. The molecule has 0 spiro atoms. The summed E-state index contributed by atoms with van der Waals surface area (Å²) in [6.07, 6.45) is 2.08. The molecule has 2 N–H and O–H groups in total. The molecule has 3 saturated heterocycles. The van der Waals surface area contributed by atoms with Gasteiger partial charge < -0.3 is 29.6 Å². The number of esters is 1. The third-order valence-corrected chi connectivity index (χ3v) is 5.84. The van der Waals surface area contributed by atoms with Gasteiger partial charge in [0.25, 0.3) is 0 Å². The highest BCUT2D eigenvalue weighted by atomic mass is 32.1. The summed E-state index contributed by atoms with van der Waals surface area (Å²) in [6, 6.07) is 0. The molecule has 166 valence electrons. The topological polar surface area (TPSA) is 110 Å². The van der Waals surface area contributed by atoms with Crippen molar-refractivity contribution in [3.8, 4) is 0 Å². The smallest absolute Gasteiger partial charge is 0.315 e. The average molecular weight is 440 g/mol. The van der Waals surface area contributed by atoms with Gasteiger partial charge in [-0.05, 0) is 6.42 Å². The second-order valence-electron chi connectivity index (χ2n) is 7.87. The summed E-state index contributed by atoms with van der Waals surface area (Å²) >= 11 is 3.73. The van der Waals surface area contributed by atoms with Crippen molar-refractivity contribution in [2.45, 2.75) is 13.3 Å². The van der Waals surface area contributed by atoms with Crippen LogP contribution in [0.5, 0.6) is 0 Å². The van der Waals surface area contributed by atoms with Crippen LogP contribution in [0.4, 0.5) is 0 Å². The van der Waals surface area contributed by atoms with E-state index in [1.54, 1.807) is 0 Å². The predicted octanol–water partition coefficient (Wildman–Crippen LogP) is -0.979. The molecule has 0 unspecified atom stereocenters. The van der Waals surface area contributed by atoms with Crippen LogP contribution in [0, 0.1) is 5.41 Å². The first-order valence-corrected chi connectivity index (χ1v) is 10.8. The van der Waals surface area contributed by atoms with E-state index < -0.39 is 11.4 Å². The Morgan fingerprint density at radius 1 is 1.03 bits per heavy atom. The predicted molar refractivity (Wildman–Crippen MR) is 112 cm³/mol. The van der Waals surface area contributed by atoms with E-state index in [9.17, 15) is 14.4 Å². The maximum absolute atomic E-state index is 12.4. The summed E-state index contributed by atoms with van der Waals surface area (Å²) in [5.41, 5.74) is 1.18. The van der Waals surface area contributed by atoms with E-state index in [-0.39, 0.29) is 37.1 Å². The number of ether oxygens (including phenoxy) is 1. The van der Waals surface area contributed by atoms with Crippen molar-refractivity contribution < 1.29 is 29.3 Å². The monoisotopic (exact) mass is 439 g/mol. The number of aliphatic hydroxyl groups excluding tert-OH is 2. The van der Waals surface area contributed by atoms with Crippen LogP contribution >= 0.6 is 12.6 Å². The molecular weight excluding hydrogens is 410 g/mol. The third-order valence-electron chi connectivity index (χ3n) is 5.58. The van der Waals surface area contributed by atoms with Crippen LogP contribution in [0.25, 0.3) is 0 Å². The molecule has 10 heteroatoms. The number of thiol groups is 1. The number of Topliss-reactive ketones (excluding diaryl/α,β-unsaturated/α-hetero) is 1. The van der Waals surface area contributed by atoms with Gasteiger partial charge in [-0.2, -0.15) is 12.6 Å². The van der Waals surface area contributed by atoms with E-state index in [4.69, 9.17) is 14.9 Å². The molecule has 0 aromatic carbocycles. The molecule has 0 aromatic heterocycles. The Morgan fingerprint density at radius 3 is 2.00 bits per heavy atom. The van der Waals surface area contributed by atoms with Crippen molar-refractivity contribution in [2.75, 3.05) is 64.8 Å². The van der Waals surface area contributed by atoms with Crippen LogP contribution < -0.4 is 0 Å². The van der Waals surface area contributed by atoms with Gasteiger partial charge in [0.15, 0.2) is 0 Å². The van der Waals surface area contributed by atoms with E-state index in [0.717, 1.165) is 39.3 Å². The lowest BCUT2D eigenvalue weighted by Gasteiger charge is -2.27. The summed E-state index contributed by atoms with van der Waals surface area (Å²) < 4.78 is 4.79. The Labute approximate surface area is 181 Å². The van der Waals surface area contributed by atoms with Crippen LogP contribution in [0.2, 0.25) is 0 Å². The number of hydrogen-bond donors (Lipinski definition) is 3. The Morgan fingerprint density at radius 2 is 1.57 bits per heavy atom. The minimum absolute atomic E-state index is 0.00546. The molecular formula is C20H29N3O6S. The van der Waals surface area contributed by atoms with Crippen LogP contribution in [-0.4, -0.2) is 107 Å². The maximum Gasteiger partial charge on any atom is 0.315 e. The largest absolute Gasteiger partial charge is 0.464 e. The van der Waals surface area contributed by atoms with Gasteiger partial charge in [0.2, 0.25) is 11.6 Å². The van der Waals surface area contributed by atoms with Crippen molar-refractivity contribution >= 4 is 30.2 Å².